The number of aromatic nitrogens is 2. The summed E-state index contributed by atoms with van der Waals surface area (Å²) in [4.78, 5) is 11.4. The van der Waals surface area contributed by atoms with Crippen molar-refractivity contribution in [2.75, 3.05) is 13.2 Å². The molecule has 3 heterocycles. The van der Waals surface area contributed by atoms with E-state index in [4.69, 9.17) is 14.2 Å². The second-order valence-electron chi connectivity index (χ2n) is 6.85. The van der Waals surface area contributed by atoms with Crippen LogP contribution in [0.1, 0.15) is 36.4 Å². The third-order valence-corrected chi connectivity index (χ3v) is 4.91. The number of amides is 1. The van der Waals surface area contributed by atoms with Gasteiger partial charge >= 0.3 is 6.09 Å². The smallest absolute Gasteiger partial charge is 0.439 e. The number of carbonyl (C=O) groups is 1. The fourth-order valence-corrected chi connectivity index (χ4v) is 3.42. The fraction of sp³-hybridized carbons (Fsp3) is 0.474. The zero-order chi connectivity index (χ0) is 19.5. The minimum Gasteiger partial charge on any atom is -0.439 e. The van der Waals surface area contributed by atoms with Gasteiger partial charge in [-0.05, 0) is 37.0 Å². The van der Waals surface area contributed by atoms with E-state index in [1.54, 1.807) is 35.1 Å². The predicted octanol–water partition coefficient (Wildman–Crippen LogP) is 2.65. The molecule has 2 aromatic rings. The van der Waals surface area contributed by atoms with Gasteiger partial charge in [0.1, 0.15) is 6.04 Å². The molecule has 2 aliphatic rings. The molecule has 1 aromatic heterocycles. The first-order valence-electron chi connectivity index (χ1n) is 9.29. The first kappa shape index (κ1) is 18.9. The second kappa shape index (κ2) is 8.26. The van der Waals surface area contributed by atoms with E-state index in [0.717, 1.165) is 37.1 Å². The van der Waals surface area contributed by atoms with Crippen molar-refractivity contribution in [1.29, 1.82) is 0 Å². The van der Waals surface area contributed by atoms with Crippen molar-refractivity contribution in [3.05, 3.63) is 47.8 Å². The van der Waals surface area contributed by atoms with Crippen LogP contribution in [-0.2, 0) is 20.8 Å². The quantitative estimate of drug-likeness (QED) is 0.762. The number of ether oxygens (including phenoxy) is 3. The molecule has 4 rings (SSSR count). The van der Waals surface area contributed by atoms with Gasteiger partial charge in [0.15, 0.2) is 12.4 Å². The van der Waals surface area contributed by atoms with E-state index >= 15 is 0 Å². The summed E-state index contributed by atoms with van der Waals surface area (Å²) >= 11 is 0. The topological polar surface area (TPSA) is 86.0 Å². The van der Waals surface area contributed by atoms with Crippen LogP contribution < -0.4 is 0 Å². The van der Waals surface area contributed by atoms with Crippen molar-refractivity contribution < 1.29 is 28.6 Å². The maximum Gasteiger partial charge on any atom is 0.439 e. The lowest BCUT2D eigenvalue weighted by molar-refractivity contribution is -0.168. The average molecular weight is 391 g/mol. The first-order chi connectivity index (χ1) is 13.7. The molecule has 28 heavy (non-hydrogen) atoms. The number of hydrogen-bond donors (Lipinski definition) is 1. The summed E-state index contributed by atoms with van der Waals surface area (Å²) in [5.41, 5.74) is 2.23. The third kappa shape index (κ3) is 3.87. The molecule has 2 aliphatic heterocycles. The minimum atomic E-state index is -1.09. The first-order valence-corrected chi connectivity index (χ1v) is 9.29. The summed E-state index contributed by atoms with van der Waals surface area (Å²) in [6.07, 6.45) is 4.50. The van der Waals surface area contributed by atoms with Crippen LogP contribution in [0.15, 0.2) is 36.7 Å². The number of aliphatic hydroxyl groups excluding tert-OH is 1. The van der Waals surface area contributed by atoms with Gasteiger partial charge in [-0.15, -0.1) is 5.12 Å². The van der Waals surface area contributed by atoms with Crippen molar-refractivity contribution in [2.24, 2.45) is 0 Å². The highest BCUT2D eigenvalue weighted by Gasteiger charge is 2.43. The molecule has 0 saturated carbocycles. The molecule has 3 unspecified atom stereocenters. The van der Waals surface area contributed by atoms with Crippen molar-refractivity contribution in [3.63, 3.8) is 0 Å². The van der Waals surface area contributed by atoms with Gasteiger partial charge < -0.3 is 19.3 Å². The summed E-state index contributed by atoms with van der Waals surface area (Å²) < 4.78 is 31.8. The number of nitrogens with zero attached hydrogens (tertiary/aromatic N) is 3. The van der Waals surface area contributed by atoms with Gasteiger partial charge in [-0.3, -0.25) is 0 Å². The van der Waals surface area contributed by atoms with Gasteiger partial charge in [0, 0.05) is 18.4 Å². The van der Waals surface area contributed by atoms with E-state index in [2.05, 4.69) is 5.10 Å². The minimum absolute atomic E-state index is 0.00653. The Labute approximate surface area is 161 Å². The monoisotopic (exact) mass is 391 g/mol. The maximum absolute atomic E-state index is 14.0. The SMILES string of the molecule is O=C1OC(CO)C(c2ccc(-n3cc(COC4CCCCO4)cn3)cc2)N1F. The van der Waals surface area contributed by atoms with Crippen LogP contribution in [0, 0.1) is 0 Å². The van der Waals surface area contributed by atoms with E-state index in [9.17, 15) is 14.4 Å². The Balaban J connectivity index is 1.41. The van der Waals surface area contributed by atoms with Crippen molar-refractivity contribution in [1.82, 2.24) is 14.9 Å². The Hall–Kier alpha value is -2.49. The predicted molar refractivity (Wildman–Crippen MR) is 95.0 cm³/mol. The van der Waals surface area contributed by atoms with E-state index in [-0.39, 0.29) is 11.4 Å². The molecule has 150 valence electrons. The van der Waals surface area contributed by atoms with Gasteiger partial charge in [-0.2, -0.15) is 5.10 Å². The number of rotatable bonds is 6. The molecule has 0 bridgehead atoms. The van der Waals surface area contributed by atoms with Crippen LogP contribution >= 0.6 is 0 Å². The largest absolute Gasteiger partial charge is 0.439 e. The molecule has 1 amide bonds. The van der Waals surface area contributed by atoms with E-state index in [0.29, 0.717) is 12.2 Å². The van der Waals surface area contributed by atoms with Gasteiger partial charge in [0.25, 0.3) is 0 Å². The molecule has 8 nitrogen and oxygen atoms in total. The third-order valence-electron chi connectivity index (χ3n) is 4.91. The molecule has 0 aliphatic carbocycles. The van der Waals surface area contributed by atoms with Crippen LogP contribution in [0.3, 0.4) is 0 Å². The molecule has 1 N–H and O–H groups in total. The van der Waals surface area contributed by atoms with Crippen molar-refractivity contribution in [3.8, 4) is 5.69 Å². The summed E-state index contributed by atoms with van der Waals surface area (Å²) in [5.74, 6) is 0. The van der Waals surface area contributed by atoms with Crippen molar-refractivity contribution in [2.45, 2.75) is 44.3 Å². The van der Waals surface area contributed by atoms with E-state index in [1.165, 1.54) is 0 Å². The Morgan fingerprint density at radius 2 is 2.11 bits per heavy atom. The van der Waals surface area contributed by atoms with Crippen LogP contribution in [0.5, 0.6) is 0 Å². The Bertz CT molecular complexity index is 806. The number of halogens is 1. The van der Waals surface area contributed by atoms with Gasteiger partial charge in [-0.25, -0.2) is 9.48 Å². The number of aliphatic hydroxyl groups is 1. The summed E-state index contributed by atoms with van der Waals surface area (Å²) in [6.45, 7) is 0.701. The van der Waals surface area contributed by atoms with Crippen LogP contribution in [-0.4, -0.2) is 51.7 Å². The van der Waals surface area contributed by atoms with Crippen LogP contribution in [0.4, 0.5) is 9.28 Å². The molecule has 0 spiro atoms. The Kier molecular flexibility index (Phi) is 5.56. The molecule has 1 aromatic carbocycles. The Morgan fingerprint density at radius 3 is 2.82 bits per heavy atom. The normalized spacial score (nSPS) is 25.1. The number of carbonyl (C=O) groups excluding carboxylic acids is 1. The molecule has 3 atom stereocenters. The highest BCUT2D eigenvalue weighted by atomic mass is 19.2. The number of cyclic esters (lactones) is 1. The van der Waals surface area contributed by atoms with Crippen molar-refractivity contribution >= 4 is 6.09 Å². The summed E-state index contributed by atoms with van der Waals surface area (Å²) in [7, 11) is 0. The van der Waals surface area contributed by atoms with Crippen LogP contribution in [0.25, 0.3) is 5.69 Å². The number of benzene rings is 1. The maximum atomic E-state index is 14.0. The lowest BCUT2D eigenvalue weighted by Crippen LogP contribution is -2.24. The lowest BCUT2D eigenvalue weighted by atomic mass is 10.0. The fourth-order valence-electron chi connectivity index (χ4n) is 3.42. The molecule has 0 radical (unpaired) electrons. The van der Waals surface area contributed by atoms with E-state index in [1.807, 2.05) is 6.20 Å². The van der Waals surface area contributed by atoms with Gasteiger partial charge in [0.05, 0.1) is 25.1 Å². The zero-order valence-corrected chi connectivity index (χ0v) is 15.2. The molecular weight excluding hydrogens is 369 g/mol. The van der Waals surface area contributed by atoms with Crippen LogP contribution in [0.2, 0.25) is 0 Å². The molecule has 2 fully saturated rings. The highest BCUT2D eigenvalue weighted by Crippen LogP contribution is 2.33. The summed E-state index contributed by atoms with van der Waals surface area (Å²) in [6, 6.07) is 5.93. The second-order valence-corrected chi connectivity index (χ2v) is 6.85. The molecule has 2 saturated heterocycles. The van der Waals surface area contributed by atoms with Gasteiger partial charge in [0.2, 0.25) is 0 Å². The summed E-state index contributed by atoms with van der Waals surface area (Å²) in [5, 5.41) is 13.6. The molecule has 9 heteroatoms. The van der Waals surface area contributed by atoms with Gasteiger partial charge in [-0.1, -0.05) is 16.6 Å². The highest BCUT2D eigenvalue weighted by molar-refractivity contribution is 5.69. The number of hydrogen-bond acceptors (Lipinski definition) is 6. The molecular formula is C19H22FN3O5. The Morgan fingerprint density at radius 1 is 1.29 bits per heavy atom. The average Bonchev–Trinajstić information content (AvgIpc) is 3.32. The standard InChI is InChI=1S/C19H22FN3O5/c20-23-18(16(11-24)28-19(23)25)14-4-6-15(7-5-14)22-10-13(9-21-22)12-27-17-3-1-2-8-26-17/h4-7,9-10,16-18,24H,1-3,8,11-12H2. The van der Waals surface area contributed by atoms with E-state index < -0.39 is 24.8 Å². The zero-order valence-electron chi connectivity index (χ0n) is 15.2. The lowest BCUT2D eigenvalue weighted by Gasteiger charge is -2.22.